The fourth-order valence-corrected chi connectivity index (χ4v) is 5.20. The van der Waals surface area contributed by atoms with E-state index in [0.29, 0.717) is 25.2 Å². The van der Waals surface area contributed by atoms with Gasteiger partial charge in [0.05, 0.1) is 5.56 Å². The number of pyridine rings is 1. The van der Waals surface area contributed by atoms with Crippen LogP contribution in [0.3, 0.4) is 0 Å². The molecule has 1 N–H and O–H groups in total. The third kappa shape index (κ3) is 4.69. The summed E-state index contributed by atoms with van der Waals surface area (Å²) in [6, 6.07) is 10.7. The zero-order valence-electron chi connectivity index (χ0n) is 15.2. The van der Waals surface area contributed by atoms with Gasteiger partial charge in [-0.1, -0.05) is 12.1 Å². The molecule has 1 aromatic carbocycles. The highest BCUT2D eigenvalue weighted by atomic mass is 32.2. The lowest BCUT2D eigenvalue weighted by Gasteiger charge is -2.31. The summed E-state index contributed by atoms with van der Waals surface area (Å²) in [5, 5.41) is 3.00. The minimum atomic E-state index is -3.49. The van der Waals surface area contributed by atoms with Crippen LogP contribution in [0.25, 0.3) is 0 Å². The van der Waals surface area contributed by atoms with Crippen molar-refractivity contribution in [3.8, 4) is 0 Å². The molecule has 1 aliphatic heterocycles. The van der Waals surface area contributed by atoms with Crippen LogP contribution in [0.5, 0.6) is 0 Å². The maximum atomic E-state index is 12.6. The molecule has 0 aliphatic carbocycles. The summed E-state index contributed by atoms with van der Waals surface area (Å²) in [6.07, 6.45) is 6.34. The summed E-state index contributed by atoms with van der Waals surface area (Å²) in [7, 11) is -3.49. The molecule has 2 heterocycles. The summed E-state index contributed by atoms with van der Waals surface area (Å²) in [4.78, 5) is 17.5. The summed E-state index contributed by atoms with van der Waals surface area (Å²) in [6.45, 7) is 1.47. The molecule has 0 spiro atoms. The lowest BCUT2D eigenvalue weighted by atomic mass is 9.98. The van der Waals surface area contributed by atoms with Crippen molar-refractivity contribution in [1.82, 2.24) is 14.6 Å². The van der Waals surface area contributed by atoms with Gasteiger partial charge in [0, 0.05) is 36.9 Å². The molecule has 0 saturated carbocycles. The maximum Gasteiger partial charge on any atom is 0.252 e. The van der Waals surface area contributed by atoms with E-state index in [2.05, 4.69) is 10.3 Å². The first-order chi connectivity index (χ1) is 13.0. The van der Waals surface area contributed by atoms with E-state index in [1.807, 2.05) is 30.5 Å². The second kappa shape index (κ2) is 8.86. The van der Waals surface area contributed by atoms with Crippen molar-refractivity contribution in [1.29, 1.82) is 0 Å². The Bertz CT molecular complexity index is 880. The van der Waals surface area contributed by atoms with Crippen LogP contribution in [-0.2, 0) is 10.0 Å². The Morgan fingerprint density at radius 2 is 1.96 bits per heavy atom. The van der Waals surface area contributed by atoms with Crippen LogP contribution in [0.15, 0.2) is 58.6 Å². The summed E-state index contributed by atoms with van der Waals surface area (Å²) in [5.74, 6) is 0.195. The average molecular weight is 406 g/mol. The molecule has 27 heavy (non-hydrogen) atoms. The highest BCUT2D eigenvalue weighted by molar-refractivity contribution is 7.98. The molecule has 2 aromatic rings. The Morgan fingerprint density at radius 3 is 2.63 bits per heavy atom. The Labute approximate surface area is 164 Å². The van der Waals surface area contributed by atoms with E-state index in [1.165, 1.54) is 10.5 Å². The number of carbonyl (C=O) groups excluding carboxylic acids is 1. The van der Waals surface area contributed by atoms with Crippen molar-refractivity contribution in [2.45, 2.75) is 22.6 Å². The highest BCUT2D eigenvalue weighted by Gasteiger charge is 2.29. The fourth-order valence-electron chi connectivity index (χ4n) is 3.17. The zero-order valence-corrected chi connectivity index (χ0v) is 16.8. The van der Waals surface area contributed by atoms with Gasteiger partial charge in [-0.2, -0.15) is 4.31 Å². The largest absolute Gasteiger partial charge is 0.352 e. The number of hydrogen-bond donors (Lipinski definition) is 1. The molecule has 1 saturated heterocycles. The molecule has 8 heteroatoms. The van der Waals surface area contributed by atoms with Crippen molar-refractivity contribution in [2.24, 2.45) is 5.92 Å². The normalized spacial score (nSPS) is 16.2. The molecule has 1 aliphatic rings. The van der Waals surface area contributed by atoms with Gasteiger partial charge in [0.25, 0.3) is 5.91 Å². The van der Waals surface area contributed by atoms with Crippen molar-refractivity contribution in [2.75, 3.05) is 25.9 Å². The average Bonchev–Trinajstić information content (AvgIpc) is 2.73. The number of thioether (sulfide) groups is 1. The first kappa shape index (κ1) is 19.9. The lowest BCUT2D eigenvalue weighted by molar-refractivity contribution is 0.0938. The number of nitrogens with one attached hydrogen (secondary N) is 1. The number of nitrogens with zero attached hydrogens (tertiary/aromatic N) is 2. The number of carbonyl (C=O) groups is 1. The van der Waals surface area contributed by atoms with Crippen molar-refractivity contribution in [3.05, 3.63) is 54.4 Å². The Morgan fingerprint density at radius 1 is 1.22 bits per heavy atom. The molecular weight excluding hydrogens is 382 g/mol. The Kier molecular flexibility index (Phi) is 6.51. The van der Waals surface area contributed by atoms with Crippen LogP contribution in [-0.4, -0.2) is 49.5 Å². The molecule has 6 nitrogen and oxygen atoms in total. The van der Waals surface area contributed by atoms with Gasteiger partial charge in [-0.25, -0.2) is 8.42 Å². The third-order valence-corrected chi connectivity index (χ3v) is 7.43. The van der Waals surface area contributed by atoms with Crippen LogP contribution >= 0.6 is 11.8 Å². The molecule has 3 rings (SSSR count). The van der Waals surface area contributed by atoms with E-state index in [1.54, 1.807) is 30.1 Å². The van der Waals surface area contributed by atoms with Gasteiger partial charge in [0.1, 0.15) is 4.90 Å². The smallest absolute Gasteiger partial charge is 0.252 e. The monoisotopic (exact) mass is 405 g/mol. The van der Waals surface area contributed by atoms with E-state index >= 15 is 0 Å². The topological polar surface area (TPSA) is 79.4 Å². The molecule has 144 valence electrons. The minimum absolute atomic E-state index is 0.0784. The van der Waals surface area contributed by atoms with E-state index in [0.717, 1.165) is 17.7 Å². The van der Waals surface area contributed by atoms with E-state index in [-0.39, 0.29) is 16.7 Å². The number of benzene rings is 1. The Hall–Kier alpha value is -1.90. The van der Waals surface area contributed by atoms with Crippen LogP contribution in [0.4, 0.5) is 0 Å². The lowest BCUT2D eigenvalue weighted by Crippen LogP contribution is -2.41. The van der Waals surface area contributed by atoms with Crippen LogP contribution in [0, 0.1) is 5.92 Å². The fraction of sp³-hybridized carbons (Fsp3) is 0.368. The van der Waals surface area contributed by atoms with Gasteiger partial charge in [-0.05, 0) is 49.3 Å². The second-order valence-corrected chi connectivity index (χ2v) is 9.23. The van der Waals surface area contributed by atoms with Gasteiger partial charge < -0.3 is 5.32 Å². The summed E-state index contributed by atoms with van der Waals surface area (Å²) in [5.41, 5.74) is 0.682. The zero-order chi connectivity index (χ0) is 19.3. The van der Waals surface area contributed by atoms with Crippen molar-refractivity contribution >= 4 is 27.7 Å². The predicted octanol–water partition coefficient (Wildman–Crippen LogP) is 2.63. The van der Waals surface area contributed by atoms with Gasteiger partial charge in [-0.3, -0.25) is 9.78 Å². The molecule has 0 unspecified atom stereocenters. The first-order valence-electron chi connectivity index (χ1n) is 8.84. The number of sulfonamides is 1. The van der Waals surface area contributed by atoms with Gasteiger partial charge >= 0.3 is 0 Å². The van der Waals surface area contributed by atoms with Gasteiger partial charge in [-0.15, -0.1) is 11.8 Å². The molecule has 1 amide bonds. The number of aromatic nitrogens is 1. The molecule has 1 aromatic heterocycles. The number of amides is 1. The predicted molar refractivity (Wildman–Crippen MR) is 106 cm³/mol. The summed E-state index contributed by atoms with van der Waals surface area (Å²) < 4.78 is 26.8. The quantitative estimate of drug-likeness (QED) is 0.748. The van der Waals surface area contributed by atoms with Gasteiger partial charge in [0.15, 0.2) is 0 Å². The van der Waals surface area contributed by atoms with Crippen LogP contribution in [0.2, 0.25) is 0 Å². The van der Waals surface area contributed by atoms with E-state index in [4.69, 9.17) is 0 Å². The number of hydrogen-bond acceptors (Lipinski definition) is 5. The summed E-state index contributed by atoms with van der Waals surface area (Å²) >= 11 is 1.55. The standard InChI is InChI=1S/C19H23N3O3S2/c1-26-18-7-3-2-6-17(18)19(23)21-13-15-8-11-22(12-9-15)27(24,25)16-5-4-10-20-14-16/h2-7,10,14-15H,8-9,11-13H2,1H3,(H,21,23). The molecule has 0 radical (unpaired) electrons. The second-order valence-electron chi connectivity index (χ2n) is 6.45. The highest BCUT2D eigenvalue weighted by Crippen LogP contribution is 2.24. The first-order valence-corrected chi connectivity index (χ1v) is 11.5. The van der Waals surface area contributed by atoms with E-state index < -0.39 is 10.0 Å². The maximum absolute atomic E-state index is 12.6. The van der Waals surface area contributed by atoms with Crippen LogP contribution < -0.4 is 5.32 Å². The SMILES string of the molecule is CSc1ccccc1C(=O)NCC1CCN(S(=O)(=O)c2cccnc2)CC1. The molecular formula is C19H23N3O3S2. The molecule has 0 bridgehead atoms. The van der Waals surface area contributed by atoms with Gasteiger partial charge in [0.2, 0.25) is 10.0 Å². The third-order valence-electron chi connectivity index (χ3n) is 4.75. The minimum Gasteiger partial charge on any atom is -0.352 e. The number of rotatable bonds is 6. The number of piperidine rings is 1. The molecule has 0 atom stereocenters. The Balaban J connectivity index is 1.53. The van der Waals surface area contributed by atoms with Crippen molar-refractivity contribution < 1.29 is 13.2 Å². The molecule has 1 fully saturated rings. The van der Waals surface area contributed by atoms with E-state index in [9.17, 15) is 13.2 Å². The van der Waals surface area contributed by atoms with Crippen LogP contribution in [0.1, 0.15) is 23.2 Å². The van der Waals surface area contributed by atoms with Crippen molar-refractivity contribution in [3.63, 3.8) is 0 Å².